The Morgan fingerprint density at radius 3 is 1.39 bits per heavy atom. The monoisotopic (exact) mass is 232 g/mol. The van der Waals surface area contributed by atoms with Crippen LogP contribution in [0.1, 0.15) is 23.6 Å². The van der Waals surface area contributed by atoms with E-state index >= 15 is 0 Å². The van der Waals surface area contributed by atoms with E-state index in [0.29, 0.717) is 10.8 Å². The Kier molecular flexibility index (Phi) is 6.25. The molecule has 0 bridgehead atoms. The van der Waals surface area contributed by atoms with Gasteiger partial charge in [0.05, 0.1) is 11.1 Å². The molecule has 0 unspecified atom stereocenters. The van der Waals surface area contributed by atoms with Crippen LogP contribution in [-0.2, 0) is 0 Å². The molecule has 2 rings (SSSR count). The van der Waals surface area contributed by atoms with Crippen molar-refractivity contribution in [1.29, 1.82) is 0 Å². The second-order valence-corrected chi connectivity index (χ2v) is 3.32. The maximum atomic E-state index is 10.9. The van der Waals surface area contributed by atoms with Gasteiger partial charge in [0.2, 0.25) is 0 Å². The minimum absolute atomic E-state index is 0. The van der Waals surface area contributed by atoms with Crippen LogP contribution in [0, 0.1) is 0 Å². The van der Waals surface area contributed by atoms with Crippen molar-refractivity contribution in [2.24, 2.45) is 0 Å². The standard InChI is InChI=1S/C12H8O4.2Li.2H/c13-11(14)9-5-6-10(12(15)16)8-4-2-1-3-7(8)9;;;;/h1-6H,(H,13,14)(H,15,16);;;;/q;2*+1;2*-1. The molecular weight excluding hydrogens is 222 g/mol. The summed E-state index contributed by atoms with van der Waals surface area (Å²) in [6, 6.07) is 9.19. The Morgan fingerprint density at radius 1 is 0.778 bits per heavy atom. The third-order valence-electron chi connectivity index (χ3n) is 2.38. The molecule has 84 valence electrons. The fraction of sp³-hybridized carbons (Fsp3) is 0. The number of carbonyl (C=O) groups is 2. The summed E-state index contributed by atoms with van der Waals surface area (Å²) in [7, 11) is 0. The van der Waals surface area contributed by atoms with Crippen molar-refractivity contribution < 1.29 is 60.4 Å². The molecule has 0 spiro atoms. The molecule has 18 heavy (non-hydrogen) atoms. The maximum absolute atomic E-state index is 10.9. The van der Waals surface area contributed by atoms with Gasteiger partial charge in [0.15, 0.2) is 0 Å². The minimum atomic E-state index is -1.06. The fourth-order valence-electron chi connectivity index (χ4n) is 1.67. The molecular formula is C12H10Li2O4. The van der Waals surface area contributed by atoms with Crippen LogP contribution in [0.3, 0.4) is 0 Å². The topological polar surface area (TPSA) is 74.6 Å². The van der Waals surface area contributed by atoms with E-state index in [9.17, 15) is 9.59 Å². The number of fused-ring (bicyclic) bond motifs is 1. The van der Waals surface area contributed by atoms with Gasteiger partial charge in [-0.1, -0.05) is 24.3 Å². The molecule has 2 aromatic carbocycles. The molecule has 0 aliphatic carbocycles. The van der Waals surface area contributed by atoms with Crippen LogP contribution >= 0.6 is 0 Å². The number of benzene rings is 2. The predicted molar refractivity (Wildman–Crippen MR) is 60.1 cm³/mol. The predicted octanol–water partition coefficient (Wildman–Crippen LogP) is -3.53. The maximum Gasteiger partial charge on any atom is 1.00 e. The quantitative estimate of drug-likeness (QED) is 0.526. The zero-order valence-corrected chi connectivity index (χ0v) is 10.2. The smallest absolute Gasteiger partial charge is 1.00 e. The molecule has 0 atom stereocenters. The molecule has 4 nitrogen and oxygen atoms in total. The fourth-order valence-corrected chi connectivity index (χ4v) is 1.67. The summed E-state index contributed by atoms with van der Waals surface area (Å²) in [6.07, 6.45) is 0. The molecule has 0 saturated carbocycles. The summed E-state index contributed by atoms with van der Waals surface area (Å²) in [4.78, 5) is 21.9. The molecule has 0 saturated heterocycles. The van der Waals surface area contributed by atoms with Gasteiger partial charge in [-0.3, -0.25) is 0 Å². The van der Waals surface area contributed by atoms with Gasteiger partial charge in [-0.2, -0.15) is 0 Å². The third kappa shape index (κ3) is 2.99. The first-order chi connectivity index (χ1) is 7.61. The molecule has 0 aromatic heterocycles. The number of aromatic carboxylic acids is 2. The Balaban J connectivity index is -0.000000722. The van der Waals surface area contributed by atoms with E-state index in [1.165, 1.54) is 12.1 Å². The SMILES string of the molecule is O=C(O)c1ccc(C(=O)O)c2ccccc12.[H-].[H-].[Li+].[Li+]. The van der Waals surface area contributed by atoms with Gasteiger partial charge in [0, 0.05) is 0 Å². The van der Waals surface area contributed by atoms with Gasteiger partial charge in [0.1, 0.15) is 0 Å². The van der Waals surface area contributed by atoms with Crippen LogP contribution in [0.2, 0.25) is 0 Å². The number of hydrogen-bond donors (Lipinski definition) is 2. The van der Waals surface area contributed by atoms with Crippen LogP contribution in [0.15, 0.2) is 36.4 Å². The molecule has 0 aliphatic heterocycles. The van der Waals surface area contributed by atoms with Gasteiger partial charge in [-0.05, 0) is 22.9 Å². The normalized spacial score (nSPS) is 9.11. The molecule has 6 heteroatoms. The molecule has 2 N–H and O–H groups in total. The summed E-state index contributed by atoms with van der Waals surface area (Å²) < 4.78 is 0. The van der Waals surface area contributed by atoms with Crippen molar-refractivity contribution >= 4 is 22.7 Å². The number of carboxylic acid groups (broad SMARTS) is 2. The van der Waals surface area contributed by atoms with Crippen LogP contribution in [0.5, 0.6) is 0 Å². The first-order valence-corrected chi connectivity index (χ1v) is 4.59. The van der Waals surface area contributed by atoms with E-state index in [0.717, 1.165) is 0 Å². The second-order valence-electron chi connectivity index (χ2n) is 3.32. The zero-order chi connectivity index (χ0) is 11.7. The second kappa shape index (κ2) is 6.68. The summed E-state index contributed by atoms with van der Waals surface area (Å²) in [5.74, 6) is -2.12. The molecule has 0 amide bonds. The largest absolute Gasteiger partial charge is 1.00 e. The van der Waals surface area contributed by atoms with Crippen molar-refractivity contribution in [3.8, 4) is 0 Å². The van der Waals surface area contributed by atoms with E-state index in [1.54, 1.807) is 24.3 Å². The minimum Gasteiger partial charge on any atom is -1.00 e. The van der Waals surface area contributed by atoms with Crippen molar-refractivity contribution in [3.63, 3.8) is 0 Å². The summed E-state index contributed by atoms with van der Waals surface area (Å²) in [5, 5.41) is 18.8. The first kappa shape index (κ1) is 16.8. The summed E-state index contributed by atoms with van der Waals surface area (Å²) >= 11 is 0. The Hall–Kier alpha value is -1.17. The van der Waals surface area contributed by atoms with Gasteiger partial charge in [-0.15, -0.1) is 0 Å². The molecule has 2 aromatic rings. The number of carboxylic acids is 2. The summed E-state index contributed by atoms with van der Waals surface area (Å²) in [5.41, 5.74) is 0.223. The van der Waals surface area contributed by atoms with Gasteiger partial charge < -0.3 is 13.1 Å². The Labute approximate surface area is 130 Å². The van der Waals surface area contributed by atoms with E-state index in [2.05, 4.69) is 0 Å². The molecule has 0 radical (unpaired) electrons. The molecule has 0 heterocycles. The van der Waals surface area contributed by atoms with Crippen LogP contribution in [-0.4, -0.2) is 22.2 Å². The van der Waals surface area contributed by atoms with E-state index in [4.69, 9.17) is 10.2 Å². The van der Waals surface area contributed by atoms with Crippen LogP contribution in [0.4, 0.5) is 0 Å². The Bertz CT molecular complexity index is 553. The summed E-state index contributed by atoms with van der Waals surface area (Å²) in [6.45, 7) is 0. The van der Waals surface area contributed by atoms with E-state index in [1.807, 2.05) is 0 Å². The van der Waals surface area contributed by atoms with Gasteiger partial charge in [0.25, 0.3) is 0 Å². The average molecular weight is 232 g/mol. The van der Waals surface area contributed by atoms with Crippen molar-refractivity contribution in [1.82, 2.24) is 0 Å². The molecule has 0 aliphatic rings. The van der Waals surface area contributed by atoms with E-state index in [-0.39, 0.29) is 51.7 Å². The number of rotatable bonds is 2. The zero-order valence-electron chi connectivity index (χ0n) is 12.2. The van der Waals surface area contributed by atoms with Crippen molar-refractivity contribution in [3.05, 3.63) is 47.5 Å². The van der Waals surface area contributed by atoms with Crippen molar-refractivity contribution in [2.75, 3.05) is 0 Å². The van der Waals surface area contributed by atoms with Crippen molar-refractivity contribution in [2.45, 2.75) is 0 Å². The first-order valence-electron chi connectivity index (χ1n) is 4.59. The molecule has 0 fully saturated rings. The van der Waals surface area contributed by atoms with Gasteiger partial charge in [-0.25, -0.2) is 9.59 Å². The third-order valence-corrected chi connectivity index (χ3v) is 2.38. The Morgan fingerprint density at radius 2 is 1.11 bits per heavy atom. The van der Waals surface area contributed by atoms with E-state index < -0.39 is 11.9 Å². The number of hydrogen-bond acceptors (Lipinski definition) is 2. The van der Waals surface area contributed by atoms with Gasteiger partial charge >= 0.3 is 49.7 Å². The van der Waals surface area contributed by atoms with Crippen LogP contribution < -0.4 is 37.7 Å². The average Bonchev–Trinajstić information content (AvgIpc) is 2.27. The van der Waals surface area contributed by atoms with Crippen LogP contribution in [0.25, 0.3) is 10.8 Å².